The smallest absolute Gasteiger partial charge is 0.229 e. The first-order chi connectivity index (χ1) is 9.23. The summed E-state index contributed by atoms with van der Waals surface area (Å²) in [5.74, 6) is 1.68. The average molecular weight is 267 g/mol. The summed E-state index contributed by atoms with van der Waals surface area (Å²) in [6, 6.07) is 0.264. The van der Waals surface area contributed by atoms with Crippen LogP contribution in [0.25, 0.3) is 0 Å². The van der Waals surface area contributed by atoms with E-state index in [9.17, 15) is 0 Å². The van der Waals surface area contributed by atoms with E-state index in [1.54, 1.807) is 7.11 Å². The minimum absolute atomic E-state index is 0.264. The van der Waals surface area contributed by atoms with Gasteiger partial charge in [-0.15, -0.1) is 0 Å². The first kappa shape index (κ1) is 13.0. The third-order valence-electron chi connectivity index (χ3n) is 4.36. The highest BCUT2D eigenvalue weighted by molar-refractivity contribution is 5.06. The van der Waals surface area contributed by atoms with Gasteiger partial charge in [0, 0.05) is 45.1 Å². The fourth-order valence-electron chi connectivity index (χ4n) is 3.05. The Labute approximate surface area is 112 Å². The molecule has 1 aromatic heterocycles. The summed E-state index contributed by atoms with van der Waals surface area (Å²) in [6.45, 7) is 1.35. The Morgan fingerprint density at radius 1 is 1.32 bits per heavy atom. The van der Waals surface area contributed by atoms with Gasteiger partial charge in [0.25, 0.3) is 0 Å². The van der Waals surface area contributed by atoms with Gasteiger partial charge in [-0.1, -0.05) is 5.16 Å². The molecule has 2 heterocycles. The molecule has 2 aliphatic rings. The summed E-state index contributed by atoms with van der Waals surface area (Å²) < 4.78 is 16.5. The van der Waals surface area contributed by atoms with Gasteiger partial charge in [0.1, 0.15) is 5.60 Å². The molecule has 2 fully saturated rings. The van der Waals surface area contributed by atoms with Crippen molar-refractivity contribution in [1.29, 1.82) is 0 Å². The van der Waals surface area contributed by atoms with Crippen molar-refractivity contribution in [3.05, 3.63) is 11.7 Å². The molecule has 1 saturated heterocycles. The predicted molar refractivity (Wildman–Crippen MR) is 67.6 cm³/mol. The van der Waals surface area contributed by atoms with Gasteiger partial charge in [0.15, 0.2) is 0 Å². The van der Waals surface area contributed by atoms with Crippen molar-refractivity contribution in [3.63, 3.8) is 0 Å². The summed E-state index contributed by atoms with van der Waals surface area (Å²) in [6.07, 6.45) is 4.54. The second-order valence-corrected chi connectivity index (χ2v) is 5.54. The van der Waals surface area contributed by atoms with Crippen LogP contribution >= 0.6 is 0 Å². The zero-order valence-corrected chi connectivity index (χ0v) is 11.3. The van der Waals surface area contributed by atoms with Crippen LogP contribution in [-0.4, -0.2) is 36.5 Å². The maximum atomic E-state index is 5.93. The van der Waals surface area contributed by atoms with Crippen molar-refractivity contribution in [2.24, 2.45) is 5.73 Å². The Hall–Kier alpha value is -0.980. The fourth-order valence-corrected chi connectivity index (χ4v) is 3.05. The number of rotatable bonds is 3. The summed E-state index contributed by atoms with van der Waals surface area (Å²) in [7, 11) is 1.70. The monoisotopic (exact) mass is 267 g/mol. The lowest BCUT2D eigenvalue weighted by Crippen LogP contribution is -2.36. The molecule has 6 nitrogen and oxygen atoms in total. The molecular formula is C13H21N3O3. The number of ether oxygens (including phenoxy) is 2. The number of hydrogen-bond acceptors (Lipinski definition) is 6. The largest absolute Gasteiger partial charge is 0.381 e. The molecule has 1 saturated carbocycles. The van der Waals surface area contributed by atoms with Crippen molar-refractivity contribution >= 4 is 0 Å². The molecular weight excluding hydrogens is 246 g/mol. The highest BCUT2D eigenvalue weighted by Gasteiger charge is 2.40. The predicted octanol–water partition coefficient (Wildman–Crippen LogP) is 1.32. The van der Waals surface area contributed by atoms with Crippen molar-refractivity contribution < 1.29 is 14.0 Å². The summed E-state index contributed by atoms with van der Waals surface area (Å²) in [5.41, 5.74) is 5.49. The van der Waals surface area contributed by atoms with Crippen LogP contribution in [0.3, 0.4) is 0 Å². The third-order valence-corrected chi connectivity index (χ3v) is 4.36. The zero-order chi connectivity index (χ0) is 13.3. The Morgan fingerprint density at radius 3 is 2.74 bits per heavy atom. The molecule has 0 amide bonds. The van der Waals surface area contributed by atoms with E-state index in [-0.39, 0.29) is 6.04 Å². The van der Waals surface area contributed by atoms with Crippen LogP contribution in [0.2, 0.25) is 0 Å². The van der Waals surface area contributed by atoms with E-state index in [0.717, 1.165) is 32.1 Å². The Kier molecular flexibility index (Phi) is 3.56. The van der Waals surface area contributed by atoms with Crippen LogP contribution in [0.15, 0.2) is 4.52 Å². The lowest BCUT2D eigenvalue weighted by molar-refractivity contribution is -0.101. The number of methoxy groups -OCH3 is 1. The molecule has 6 heteroatoms. The average Bonchev–Trinajstić information content (AvgIpc) is 3.08. The first-order valence-electron chi connectivity index (χ1n) is 6.96. The first-order valence-corrected chi connectivity index (χ1v) is 6.96. The highest BCUT2D eigenvalue weighted by atomic mass is 16.5. The van der Waals surface area contributed by atoms with Crippen molar-refractivity contribution in [1.82, 2.24) is 10.1 Å². The second kappa shape index (κ2) is 5.19. The van der Waals surface area contributed by atoms with E-state index >= 15 is 0 Å². The van der Waals surface area contributed by atoms with E-state index in [0.29, 0.717) is 30.8 Å². The topological polar surface area (TPSA) is 83.4 Å². The molecule has 19 heavy (non-hydrogen) atoms. The number of hydrogen-bond donors (Lipinski definition) is 1. The van der Waals surface area contributed by atoms with Crippen LogP contribution in [0.5, 0.6) is 0 Å². The van der Waals surface area contributed by atoms with Gasteiger partial charge in [0.05, 0.1) is 0 Å². The van der Waals surface area contributed by atoms with Crippen LogP contribution < -0.4 is 5.73 Å². The van der Waals surface area contributed by atoms with Gasteiger partial charge in [-0.25, -0.2) is 0 Å². The molecule has 0 spiro atoms. The van der Waals surface area contributed by atoms with Gasteiger partial charge in [-0.05, 0) is 19.3 Å². The number of nitrogens with zero attached hydrogens (tertiary/aromatic N) is 2. The molecule has 2 atom stereocenters. The van der Waals surface area contributed by atoms with E-state index in [1.165, 1.54) is 0 Å². The van der Waals surface area contributed by atoms with Crippen molar-refractivity contribution in [2.75, 3.05) is 20.3 Å². The molecule has 0 aromatic carbocycles. The maximum absolute atomic E-state index is 5.93. The number of nitrogens with two attached hydrogens (primary N) is 1. The molecule has 0 bridgehead atoms. The van der Waals surface area contributed by atoms with Crippen LogP contribution in [0.4, 0.5) is 0 Å². The third kappa shape index (κ3) is 2.40. The molecule has 1 aliphatic carbocycles. The summed E-state index contributed by atoms with van der Waals surface area (Å²) in [5, 5.41) is 4.15. The zero-order valence-electron chi connectivity index (χ0n) is 11.3. The lowest BCUT2D eigenvalue weighted by atomic mass is 9.93. The summed E-state index contributed by atoms with van der Waals surface area (Å²) in [4.78, 5) is 4.58. The SMILES string of the molecule is COC1(c2noc([C@@H]3CC[C@H](N)C3)n2)CCOCC1. The van der Waals surface area contributed by atoms with E-state index < -0.39 is 5.60 Å². The minimum Gasteiger partial charge on any atom is -0.381 e. The molecule has 0 unspecified atom stereocenters. The van der Waals surface area contributed by atoms with Crippen LogP contribution in [0.1, 0.15) is 49.7 Å². The number of aromatic nitrogens is 2. The van der Waals surface area contributed by atoms with Crippen LogP contribution in [-0.2, 0) is 15.1 Å². The van der Waals surface area contributed by atoms with Gasteiger partial charge < -0.3 is 19.7 Å². The molecule has 1 aromatic rings. The highest BCUT2D eigenvalue weighted by Crippen LogP contribution is 2.37. The fraction of sp³-hybridized carbons (Fsp3) is 0.846. The normalized spacial score (nSPS) is 30.6. The van der Waals surface area contributed by atoms with Gasteiger partial charge in [0.2, 0.25) is 11.7 Å². The van der Waals surface area contributed by atoms with Crippen molar-refractivity contribution in [2.45, 2.75) is 49.7 Å². The quantitative estimate of drug-likeness (QED) is 0.889. The standard InChI is InChI=1S/C13H21N3O3/c1-17-13(4-6-18-7-5-13)12-15-11(19-16-12)9-2-3-10(14)8-9/h9-10H,2-8,14H2,1H3/t9-,10+/m1/s1. The van der Waals surface area contributed by atoms with E-state index in [1.807, 2.05) is 0 Å². The van der Waals surface area contributed by atoms with Gasteiger partial charge in [-0.2, -0.15) is 4.98 Å². The second-order valence-electron chi connectivity index (χ2n) is 5.54. The van der Waals surface area contributed by atoms with Crippen molar-refractivity contribution in [3.8, 4) is 0 Å². The summed E-state index contributed by atoms with van der Waals surface area (Å²) >= 11 is 0. The minimum atomic E-state index is -0.444. The lowest BCUT2D eigenvalue weighted by Gasteiger charge is -2.32. The maximum Gasteiger partial charge on any atom is 0.229 e. The van der Waals surface area contributed by atoms with Gasteiger partial charge >= 0.3 is 0 Å². The molecule has 1 aliphatic heterocycles. The Morgan fingerprint density at radius 2 is 2.11 bits per heavy atom. The van der Waals surface area contributed by atoms with E-state index in [4.69, 9.17) is 19.7 Å². The molecule has 3 rings (SSSR count). The Bertz CT molecular complexity index is 429. The Balaban J connectivity index is 1.79. The molecule has 0 radical (unpaired) electrons. The van der Waals surface area contributed by atoms with Gasteiger partial charge in [-0.3, -0.25) is 0 Å². The molecule has 106 valence electrons. The molecule has 2 N–H and O–H groups in total. The van der Waals surface area contributed by atoms with E-state index in [2.05, 4.69) is 10.1 Å². The van der Waals surface area contributed by atoms with Crippen LogP contribution in [0, 0.1) is 0 Å².